The van der Waals surface area contributed by atoms with E-state index in [9.17, 15) is 26.0 Å². The van der Waals surface area contributed by atoms with Crippen molar-refractivity contribution in [1.29, 1.82) is 0 Å². The number of benzene rings is 3. The summed E-state index contributed by atoms with van der Waals surface area (Å²) in [6.45, 7) is 4.28. The molecule has 1 atom stereocenters. The molecule has 2 amide bonds. The summed E-state index contributed by atoms with van der Waals surface area (Å²) in [5.74, 6) is 0.824. The highest BCUT2D eigenvalue weighted by Crippen LogP contribution is 2.25. The van der Waals surface area contributed by atoms with Gasteiger partial charge in [-0.1, -0.05) is 19.1 Å². The summed E-state index contributed by atoms with van der Waals surface area (Å²) in [6, 6.07) is 19.0. The zero-order valence-corrected chi connectivity index (χ0v) is 27.2. The summed E-state index contributed by atoms with van der Waals surface area (Å²) in [5.41, 5.74) is 2.01. The summed E-state index contributed by atoms with van der Waals surface area (Å²) in [5, 5.41) is 2.83. The molecule has 244 valence electrons. The lowest BCUT2D eigenvalue weighted by molar-refractivity contribution is 0.118. The molecule has 3 N–H and O–H groups in total. The van der Waals surface area contributed by atoms with E-state index in [4.69, 9.17) is 4.74 Å². The number of nitrogens with zero attached hydrogens (tertiary/aromatic N) is 2. The third-order valence-corrected chi connectivity index (χ3v) is 8.74. The quantitative estimate of drug-likeness (QED) is 0.239. The Kier molecular flexibility index (Phi) is 11.4. The fourth-order valence-corrected chi connectivity index (χ4v) is 6.58. The molecular formula is C31H40FN5O6S2. The molecule has 0 radical (unpaired) electrons. The summed E-state index contributed by atoms with van der Waals surface area (Å²) < 4.78 is 71.0. The van der Waals surface area contributed by atoms with Gasteiger partial charge in [-0.05, 0) is 85.5 Å². The van der Waals surface area contributed by atoms with Gasteiger partial charge in [0, 0.05) is 49.6 Å². The lowest BCUT2D eigenvalue weighted by atomic mass is 10.0. The van der Waals surface area contributed by atoms with Gasteiger partial charge < -0.3 is 15.0 Å². The minimum absolute atomic E-state index is 0.105. The monoisotopic (exact) mass is 661 g/mol. The highest BCUT2D eigenvalue weighted by Gasteiger charge is 2.30. The van der Waals surface area contributed by atoms with Gasteiger partial charge in [-0.15, -0.1) is 0 Å². The zero-order chi connectivity index (χ0) is 32.6. The van der Waals surface area contributed by atoms with E-state index in [0.29, 0.717) is 48.7 Å². The number of carbonyl (C=O) groups excluding carboxylic acids is 1. The molecule has 1 heterocycles. The number of hydrogen-bond acceptors (Lipinski definition) is 7. The third kappa shape index (κ3) is 11.3. The van der Waals surface area contributed by atoms with Gasteiger partial charge in [0.2, 0.25) is 20.0 Å². The van der Waals surface area contributed by atoms with Crippen molar-refractivity contribution in [2.45, 2.75) is 44.8 Å². The number of halogens is 1. The lowest BCUT2D eigenvalue weighted by Gasteiger charge is -2.40. The van der Waals surface area contributed by atoms with E-state index in [-0.39, 0.29) is 18.6 Å². The number of hydrogen-bond donors (Lipinski definition) is 3. The van der Waals surface area contributed by atoms with Crippen LogP contribution in [0.25, 0.3) is 0 Å². The number of amides is 2. The maximum atomic E-state index is 13.4. The molecule has 1 unspecified atom stereocenters. The van der Waals surface area contributed by atoms with Gasteiger partial charge in [0.05, 0.1) is 12.5 Å². The average Bonchev–Trinajstić information content (AvgIpc) is 2.97. The molecule has 11 nitrogen and oxygen atoms in total. The van der Waals surface area contributed by atoms with Crippen molar-refractivity contribution < 1.29 is 30.8 Å². The summed E-state index contributed by atoms with van der Waals surface area (Å²) in [6.07, 6.45) is 4.12. The van der Waals surface area contributed by atoms with Gasteiger partial charge >= 0.3 is 6.03 Å². The molecule has 1 aliphatic rings. The van der Waals surface area contributed by atoms with Crippen LogP contribution < -0.4 is 19.5 Å². The van der Waals surface area contributed by atoms with Gasteiger partial charge in [0.1, 0.15) is 17.3 Å². The van der Waals surface area contributed by atoms with Crippen molar-refractivity contribution in [2.24, 2.45) is 0 Å². The Morgan fingerprint density at radius 2 is 1.44 bits per heavy atom. The molecule has 0 spiro atoms. The number of carbonyl (C=O) groups is 1. The summed E-state index contributed by atoms with van der Waals surface area (Å²) >= 11 is 0. The van der Waals surface area contributed by atoms with Crippen LogP contribution in [0.4, 0.5) is 20.6 Å². The third-order valence-electron chi connectivity index (χ3n) is 7.37. The smallest absolute Gasteiger partial charge is 0.322 e. The number of sulfonamides is 2. The second kappa shape index (κ2) is 15.0. The highest BCUT2D eigenvalue weighted by molar-refractivity contribution is 7.92. The molecule has 3 aromatic rings. The molecule has 1 aliphatic heterocycles. The molecule has 3 aromatic carbocycles. The first-order valence-electron chi connectivity index (χ1n) is 14.6. The van der Waals surface area contributed by atoms with Crippen molar-refractivity contribution in [3.05, 3.63) is 84.2 Å². The minimum Gasteiger partial charge on any atom is -0.457 e. The standard InChI is InChI=1S/C31H40FN5O6S2/c1-4-25(34-44(2,39)40)22-37(31(38)33-26-9-7-24(32)8-10-26)28-17-19-36(20-18-28)21-23-5-13-29(14-6-23)43-30-15-11-27(12-16-30)35-45(3,41)42/h5-16,25,28,34-35H,4,17-22H2,1-3H3,(H,33,38). The second-order valence-electron chi connectivity index (χ2n) is 11.2. The number of rotatable bonds is 13. The van der Waals surface area contributed by atoms with Crippen molar-refractivity contribution in [2.75, 3.05) is 42.2 Å². The first-order chi connectivity index (χ1) is 21.3. The molecule has 0 saturated carbocycles. The van der Waals surface area contributed by atoms with Crippen LogP contribution in [-0.2, 0) is 26.6 Å². The van der Waals surface area contributed by atoms with Crippen LogP contribution in [0.1, 0.15) is 31.7 Å². The molecule has 45 heavy (non-hydrogen) atoms. The van der Waals surface area contributed by atoms with Crippen LogP contribution in [0, 0.1) is 5.82 Å². The number of urea groups is 1. The topological polar surface area (TPSA) is 137 Å². The van der Waals surface area contributed by atoms with Gasteiger partial charge in [-0.25, -0.2) is 30.7 Å². The Morgan fingerprint density at radius 1 is 0.889 bits per heavy atom. The van der Waals surface area contributed by atoms with Crippen LogP contribution in [0.15, 0.2) is 72.8 Å². The predicted octanol–water partition coefficient (Wildman–Crippen LogP) is 4.82. The number of nitrogens with one attached hydrogen (secondary N) is 3. The Labute approximate surface area is 264 Å². The van der Waals surface area contributed by atoms with Crippen LogP contribution in [0.5, 0.6) is 11.5 Å². The Hall–Kier alpha value is -3.72. The average molecular weight is 662 g/mol. The van der Waals surface area contributed by atoms with E-state index in [1.54, 1.807) is 29.2 Å². The van der Waals surface area contributed by atoms with Crippen LogP contribution in [0.2, 0.25) is 0 Å². The molecule has 14 heteroatoms. The van der Waals surface area contributed by atoms with Crippen LogP contribution >= 0.6 is 0 Å². The SMILES string of the molecule is CCC(CN(C(=O)Nc1ccc(F)cc1)C1CCN(Cc2ccc(Oc3ccc(NS(C)(=O)=O)cc3)cc2)CC1)NS(C)(=O)=O. The Balaban J connectivity index is 1.34. The maximum absolute atomic E-state index is 13.4. The highest BCUT2D eigenvalue weighted by atomic mass is 32.2. The number of piperidine rings is 1. The van der Waals surface area contributed by atoms with Crippen molar-refractivity contribution in [3.63, 3.8) is 0 Å². The van der Waals surface area contributed by atoms with Crippen molar-refractivity contribution in [1.82, 2.24) is 14.5 Å². The van der Waals surface area contributed by atoms with Gasteiger partial charge in [-0.2, -0.15) is 0 Å². The van der Waals surface area contributed by atoms with Crippen molar-refractivity contribution >= 4 is 37.5 Å². The number of ether oxygens (including phenoxy) is 1. The Bertz CT molecular complexity index is 1630. The zero-order valence-electron chi connectivity index (χ0n) is 25.6. The van der Waals surface area contributed by atoms with E-state index in [2.05, 4.69) is 19.7 Å². The Morgan fingerprint density at radius 3 is 1.98 bits per heavy atom. The fraction of sp³-hybridized carbons (Fsp3) is 0.387. The maximum Gasteiger partial charge on any atom is 0.322 e. The largest absolute Gasteiger partial charge is 0.457 e. The van der Waals surface area contributed by atoms with E-state index in [1.807, 2.05) is 31.2 Å². The van der Waals surface area contributed by atoms with E-state index >= 15 is 0 Å². The second-order valence-corrected chi connectivity index (χ2v) is 14.8. The van der Waals surface area contributed by atoms with E-state index in [0.717, 1.165) is 31.2 Å². The van der Waals surface area contributed by atoms with Gasteiger partial charge in [0.25, 0.3) is 0 Å². The van der Waals surface area contributed by atoms with Gasteiger partial charge in [-0.3, -0.25) is 9.62 Å². The normalized spacial score (nSPS) is 15.3. The lowest BCUT2D eigenvalue weighted by Crippen LogP contribution is -2.53. The summed E-state index contributed by atoms with van der Waals surface area (Å²) in [4.78, 5) is 17.4. The molecule has 0 aliphatic carbocycles. The molecular weight excluding hydrogens is 622 g/mol. The van der Waals surface area contributed by atoms with Crippen molar-refractivity contribution in [3.8, 4) is 11.5 Å². The predicted molar refractivity (Wildman–Crippen MR) is 174 cm³/mol. The minimum atomic E-state index is -3.46. The van der Waals surface area contributed by atoms with Crippen LogP contribution in [0.3, 0.4) is 0 Å². The first kappa shape index (κ1) is 34.2. The molecule has 1 saturated heterocycles. The number of likely N-dealkylation sites (tertiary alicyclic amines) is 1. The van der Waals surface area contributed by atoms with E-state index in [1.165, 1.54) is 24.3 Å². The van der Waals surface area contributed by atoms with E-state index < -0.39 is 31.9 Å². The first-order valence-corrected chi connectivity index (χ1v) is 18.4. The fourth-order valence-electron chi connectivity index (χ4n) is 5.17. The number of anilines is 2. The molecule has 0 bridgehead atoms. The molecule has 1 fully saturated rings. The molecule has 4 rings (SSSR count). The molecule has 0 aromatic heterocycles. The van der Waals surface area contributed by atoms with Crippen LogP contribution in [-0.4, -0.2) is 76.9 Å². The summed E-state index contributed by atoms with van der Waals surface area (Å²) in [7, 11) is -6.81. The van der Waals surface area contributed by atoms with Gasteiger partial charge in [0.15, 0.2) is 0 Å².